The molecule has 0 radical (unpaired) electrons. The molecule has 2 aromatic heterocycles. The second-order valence-corrected chi connectivity index (χ2v) is 3.97. The second kappa shape index (κ2) is 6.67. The molecule has 0 aliphatic heterocycles. The van der Waals surface area contributed by atoms with Gasteiger partial charge in [-0.25, -0.2) is 9.48 Å². The first-order valence-corrected chi connectivity index (χ1v) is 6.32. The van der Waals surface area contributed by atoms with Crippen LogP contribution in [0.15, 0.2) is 30.7 Å². The number of carbonyl (C=O) groups is 1. The minimum atomic E-state index is -0.402. The Morgan fingerprint density at radius 2 is 2.35 bits per heavy atom. The Kier molecular flexibility index (Phi) is 4.67. The Labute approximate surface area is 117 Å². The molecular weight excluding hydrogens is 258 g/mol. The van der Waals surface area contributed by atoms with Crippen molar-refractivity contribution in [3.8, 4) is 5.69 Å². The monoisotopic (exact) mass is 275 g/mol. The third kappa shape index (κ3) is 3.12. The minimum Gasteiger partial charge on any atom is -0.462 e. The molecule has 2 heterocycles. The van der Waals surface area contributed by atoms with Gasteiger partial charge in [0.15, 0.2) is 5.82 Å². The molecule has 106 valence electrons. The second-order valence-electron chi connectivity index (χ2n) is 3.97. The average molecular weight is 275 g/mol. The standard InChI is InChI=1S/C13H17N5O2/c1-3-20-13(19)11-8-18(10-5-4-6-15-7-10)17-12(11)16-9-14-2/h4-8,14H,3,9H2,1-2H3,(H,16,17). The van der Waals surface area contributed by atoms with Gasteiger partial charge in [0.1, 0.15) is 5.56 Å². The van der Waals surface area contributed by atoms with Gasteiger partial charge in [0, 0.05) is 12.4 Å². The molecule has 7 nitrogen and oxygen atoms in total. The summed E-state index contributed by atoms with van der Waals surface area (Å²) in [6, 6.07) is 3.67. The number of hydrogen-bond donors (Lipinski definition) is 2. The smallest absolute Gasteiger partial charge is 0.343 e. The van der Waals surface area contributed by atoms with E-state index in [1.165, 1.54) is 0 Å². The van der Waals surface area contributed by atoms with Gasteiger partial charge >= 0.3 is 5.97 Å². The fourth-order valence-corrected chi connectivity index (χ4v) is 1.66. The fourth-order valence-electron chi connectivity index (χ4n) is 1.66. The number of carbonyl (C=O) groups excluding carboxylic acids is 1. The molecule has 0 spiro atoms. The van der Waals surface area contributed by atoms with Crippen LogP contribution in [-0.4, -0.2) is 41.1 Å². The van der Waals surface area contributed by atoms with Gasteiger partial charge in [-0.3, -0.25) is 4.98 Å². The van der Waals surface area contributed by atoms with Crippen LogP contribution in [0.1, 0.15) is 17.3 Å². The van der Waals surface area contributed by atoms with Crippen molar-refractivity contribution in [1.82, 2.24) is 20.1 Å². The Morgan fingerprint density at radius 1 is 1.50 bits per heavy atom. The van der Waals surface area contributed by atoms with E-state index in [0.717, 1.165) is 5.69 Å². The summed E-state index contributed by atoms with van der Waals surface area (Å²) in [5.41, 5.74) is 1.17. The Morgan fingerprint density at radius 3 is 3.00 bits per heavy atom. The van der Waals surface area contributed by atoms with E-state index in [0.29, 0.717) is 24.7 Å². The maximum atomic E-state index is 11.9. The molecule has 0 aliphatic carbocycles. The van der Waals surface area contributed by atoms with Crippen LogP contribution in [0.25, 0.3) is 5.69 Å². The maximum absolute atomic E-state index is 11.9. The van der Waals surface area contributed by atoms with Crippen molar-refractivity contribution in [2.45, 2.75) is 6.92 Å². The van der Waals surface area contributed by atoms with Crippen LogP contribution in [0.4, 0.5) is 5.82 Å². The van der Waals surface area contributed by atoms with Crippen molar-refractivity contribution < 1.29 is 9.53 Å². The van der Waals surface area contributed by atoms with Gasteiger partial charge in [-0.1, -0.05) is 0 Å². The molecule has 0 saturated heterocycles. The number of nitrogens with zero attached hydrogens (tertiary/aromatic N) is 3. The van der Waals surface area contributed by atoms with Crippen LogP contribution in [0, 0.1) is 0 Å². The summed E-state index contributed by atoms with van der Waals surface area (Å²) in [6.45, 7) is 2.59. The minimum absolute atomic E-state index is 0.322. The first-order valence-electron chi connectivity index (χ1n) is 6.32. The van der Waals surface area contributed by atoms with Crippen molar-refractivity contribution in [1.29, 1.82) is 0 Å². The molecular formula is C13H17N5O2. The number of hydrogen-bond acceptors (Lipinski definition) is 6. The van der Waals surface area contributed by atoms with Gasteiger partial charge in [-0.2, -0.15) is 0 Å². The summed E-state index contributed by atoms with van der Waals surface area (Å²) in [5.74, 6) is 0.0721. The van der Waals surface area contributed by atoms with Gasteiger partial charge in [0.05, 0.1) is 25.2 Å². The molecule has 2 aromatic rings. The Bertz CT molecular complexity index is 567. The zero-order valence-electron chi connectivity index (χ0n) is 11.5. The number of esters is 1. The van der Waals surface area contributed by atoms with Crippen LogP contribution in [-0.2, 0) is 4.74 Å². The van der Waals surface area contributed by atoms with Crippen LogP contribution in [0.3, 0.4) is 0 Å². The molecule has 0 saturated carbocycles. The highest BCUT2D eigenvalue weighted by molar-refractivity contribution is 5.94. The van der Waals surface area contributed by atoms with Crippen LogP contribution in [0.2, 0.25) is 0 Å². The number of anilines is 1. The SMILES string of the molecule is CCOC(=O)c1cn(-c2cccnc2)nc1NCNC. The average Bonchev–Trinajstić information content (AvgIpc) is 2.90. The maximum Gasteiger partial charge on any atom is 0.343 e. The Balaban J connectivity index is 2.33. The molecule has 0 aromatic carbocycles. The van der Waals surface area contributed by atoms with Gasteiger partial charge in [0.2, 0.25) is 0 Å². The highest BCUT2D eigenvalue weighted by Crippen LogP contribution is 2.17. The number of nitrogens with one attached hydrogen (secondary N) is 2. The molecule has 0 atom stereocenters. The Hall–Kier alpha value is -2.41. The largest absolute Gasteiger partial charge is 0.462 e. The van der Waals surface area contributed by atoms with E-state index < -0.39 is 5.97 Å². The molecule has 2 N–H and O–H groups in total. The van der Waals surface area contributed by atoms with E-state index in [4.69, 9.17) is 4.74 Å². The molecule has 0 amide bonds. The normalized spacial score (nSPS) is 10.3. The molecule has 0 unspecified atom stereocenters. The summed E-state index contributed by atoms with van der Waals surface area (Å²) in [4.78, 5) is 16.0. The summed E-state index contributed by atoms with van der Waals surface area (Å²) in [5, 5.41) is 10.3. The van der Waals surface area contributed by atoms with Crippen molar-refractivity contribution in [3.05, 3.63) is 36.3 Å². The molecule has 20 heavy (non-hydrogen) atoms. The lowest BCUT2D eigenvalue weighted by Gasteiger charge is -2.04. The summed E-state index contributed by atoms with van der Waals surface area (Å²) >= 11 is 0. The number of rotatable bonds is 6. The first-order chi connectivity index (χ1) is 9.76. The van der Waals surface area contributed by atoms with Crippen LogP contribution >= 0.6 is 0 Å². The van der Waals surface area contributed by atoms with Gasteiger partial charge in [-0.15, -0.1) is 5.10 Å². The fraction of sp³-hybridized carbons (Fsp3) is 0.308. The van der Waals surface area contributed by atoms with Gasteiger partial charge in [-0.05, 0) is 26.1 Å². The third-order valence-electron chi connectivity index (χ3n) is 2.55. The molecule has 0 fully saturated rings. The summed E-state index contributed by atoms with van der Waals surface area (Å²) < 4.78 is 6.62. The van der Waals surface area contributed by atoms with E-state index in [-0.39, 0.29) is 0 Å². The zero-order valence-corrected chi connectivity index (χ0v) is 11.5. The van der Waals surface area contributed by atoms with Crippen LogP contribution in [0.5, 0.6) is 0 Å². The van der Waals surface area contributed by atoms with Gasteiger partial charge in [0.25, 0.3) is 0 Å². The lowest BCUT2D eigenvalue weighted by Crippen LogP contribution is -2.18. The predicted octanol–water partition coefficient (Wildman–Crippen LogP) is 1.03. The molecule has 2 rings (SSSR count). The van der Waals surface area contributed by atoms with Gasteiger partial charge < -0.3 is 15.4 Å². The predicted molar refractivity (Wildman–Crippen MR) is 74.9 cm³/mol. The van der Waals surface area contributed by atoms with E-state index in [2.05, 4.69) is 20.7 Å². The number of aromatic nitrogens is 3. The molecule has 0 bridgehead atoms. The third-order valence-corrected chi connectivity index (χ3v) is 2.55. The number of ether oxygens (including phenoxy) is 1. The lowest BCUT2D eigenvalue weighted by molar-refractivity contribution is 0.0527. The van der Waals surface area contributed by atoms with Crippen LogP contribution < -0.4 is 10.6 Å². The lowest BCUT2D eigenvalue weighted by atomic mass is 10.3. The number of pyridine rings is 1. The van der Waals surface area contributed by atoms with Crippen molar-refractivity contribution in [2.75, 3.05) is 25.6 Å². The van der Waals surface area contributed by atoms with Crippen molar-refractivity contribution >= 4 is 11.8 Å². The van der Waals surface area contributed by atoms with Crippen molar-refractivity contribution in [3.63, 3.8) is 0 Å². The summed E-state index contributed by atoms with van der Waals surface area (Å²) in [7, 11) is 1.80. The molecule has 7 heteroatoms. The molecule has 0 aliphatic rings. The van der Waals surface area contributed by atoms with E-state index in [9.17, 15) is 4.79 Å². The van der Waals surface area contributed by atoms with Crippen molar-refractivity contribution in [2.24, 2.45) is 0 Å². The topological polar surface area (TPSA) is 81.1 Å². The zero-order chi connectivity index (χ0) is 14.4. The van der Waals surface area contributed by atoms with E-state index in [1.54, 1.807) is 37.2 Å². The first kappa shape index (κ1) is 14.0. The van der Waals surface area contributed by atoms with E-state index in [1.807, 2.05) is 12.1 Å². The quantitative estimate of drug-likeness (QED) is 0.605. The summed E-state index contributed by atoms with van der Waals surface area (Å²) in [6.07, 6.45) is 4.98. The highest BCUT2D eigenvalue weighted by atomic mass is 16.5. The van der Waals surface area contributed by atoms with E-state index >= 15 is 0 Å². The highest BCUT2D eigenvalue weighted by Gasteiger charge is 2.17.